The number of hydrogen-bond acceptors (Lipinski definition) is 5. The summed E-state index contributed by atoms with van der Waals surface area (Å²) in [4.78, 5) is 20.5. The molecule has 1 N–H and O–H groups in total. The van der Waals surface area contributed by atoms with Crippen LogP contribution >= 0.6 is 0 Å². The summed E-state index contributed by atoms with van der Waals surface area (Å²) in [6.45, 7) is -2.29. The molecule has 1 aromatic rings. The molecule has 0 saturated carbocycles. The maximum Gasteiger partial charge on any atom is 0.411 e. The van der Waals surface area contributed by atoms with Crippen molar-refractivity contribution in [3.05, 3.63) is 33.9 Å². The number of ether oxygens (including phenoxy) is 2. The number of nitro groups is 1. The van der Waals surface area contributed by atoms with Crippen LogP contribution in [0, 0.1) is 10.1 Å². The SMILES string of the molecule is O=C(O)c1cc(OCOCC(F)(F)F)ccc1[N+](=O)[O-]. The summed E-state index contributed by atoms with van der Waals surface area (Å²) in [6.07, 6.45) is -4.51. The molecular formula is C10H8F3NO6. The zero-order chi connectivity index (χ0) is 15.3. The average Bonchev–Trinajstić information content (AvgIpc) is 2.33. The highest BCUT2D eigenvalue weighted by molar-refractivity contribution is 5.92. The quantitative estimate of drug-likeness (QED) is 0.374. The van der Waals surface area contributed by atoms with E-state index in [2.05, 4.69) is 4.74 Å². The molecule has 0 aliphatic carbocycles. The lowest BCUT2D eigenvalue weighted by atomic mass is 10.2. The monoisotopic (exact) mass is 295 g/mol. The van der Waals surface area contributed by atoms with Crippen molar-refractivity contribution in [2.45, 2.75) is 6.18 Å². The number of rotatable bonds is 6. The van der Waals surface area contributed by atoms with Gasteiger partial charge in [-0.3, -0.25) is 10.1 Å². The molecule has 0 bridgehead atoms. The van der Waals surface area contributed by atoms with Gasteiger partial charge < -0.3 is 14.6 Å². The Morgan fingerprint density at radius 2 is 2.05 bits per heavy atom. The summed E-state index contributed by atoms with van der Waals surface area (Å²) in [5.41, 5.74) is -1.29. The molecule has 0 fully saturated rings. The van der Waals surface area contributed by atoms with Crippen LogP contribution < -0.4 is 4.74 Å². The average molecular weight is 295 g/mol. The molecular weight excluding hydrogens is 287 g/mol. The Kier molecular flexibility index (Phi) is 4.86. The van der Waals surface area contributed by atoms with Gasteiger partial charge in [-0.2, -0.15) is 13.2 Å². The summed E-state index contributed by atoms with van der Waals surface area (Å²) in [7, 11) is 0. The highest BCUT2D eigenvalue weighted by Crippen LogP contribution is 2.24. The fourth-order valence-electron chi connectivity index (χ4n) is 1.20. The van der Waals surface area contributed by atoms with Crippen molar-refractivity contribution < 1.29 is 37.5 Å². The third-order valence-electron chi connectivity index (χ3n) is 1.97. The van der Waals surface area contributed by atoms with E-state index in [4.69, 9.17) is 9.84 Å². The van der Waals surface area contributed by atoms with Crippen molar-refractivity contribution in [2.24, 2.45) is 0 Å². The molecule has 0 unspecified atom stereocenters. The summed E-state index contributed by atoms with van der Waals surface area (Å²) in [5, 5.41) is 19.3. The Morgan fingerprint density at radius 3 is 2.55 bits per heavy atom. The third kappa shape index (κ3) is 4.72. The van der Waals surface area contributed by atoms with Crippen molar-refractivity contribution in [1.29, 1.82) is 0 Å². The van der Waals surface area contributed by atoms with E-state index in [0.717, 1.165) is 18.2 Å². The molecule has 1 rings (SSSR count). The van der Waals surface area contributed by atoms with Gasteiger partial charge in [0, 0.05) is 12.1 Å². The van der Waals surface area contributed by atoms with Gasteiger partial charge in [-0.15, -0.1) is 0 Å². The second-order valence-electron chi connectivity index (χ2n) is 3.47. The van der Waals surface area contributed by atoms with Gasteiger partial charge in [-0.05, 0) is 6.07 Å². The molecule has 0 atom stereocenters. The second-order valence-corrected chi connectivity index (χ2v) is 3.47. The Balaban J connectivity index is 2.71. The standard InChI is InChI=1S/C10H8F3NO6/c11-10(12,13)4-19-5-20-6-1-2-8(14(17)18)7(3-6)9(15)16/h1-3H,4-5H2,(H,15,16). The van der Waals surface area contributed by atoms with Crippen molar-refractivity contribution in [3.63, 3.8) is 0 Å². The Hall–Kier alpha value is -2.36. The van der Waals surface area contributed by atoms with E-state index >= 15 is 0 Å². The number of halogens is 3. The molecule has 0 aliphatic rings. The van der Waals surface area contributed by atoms with Gasteiger partial charge >= 0.3 is 12.1 Å². The van der Waals surface area contributed by atoms with Crippen LogP contribution in [0.3, 0.4) is 0 Å². The van der Waals surface area contributed by atoms with Crippen LogP contribution in [0.2, 0.25) is 0 Å². The van der Waals surface area contributed by atoms with E-state index in [1.165, 1.54) is 0 Å². The highest BCUT2D eigenvalue weighted by atomic mass is 19.4. The molecule has 20 heavy (non-hydrogen) atoms. The first kappa shape index (κ1) is 15.7. The van der Waals surface area contributed by atoms with E-state index in [1.54, 1.807) is 0 Å². The number of nitro benzene ring substituents is 1. The third-order valence-corrected chi connectivity index (χ3v) is 1.97. The smallest absolute Gasteiger partial charge is 0.411 e. The number of carbonyl (C=O) groups is 1. The molecule has 0 saturated heterocycles. The van der Waals surface area contributed by atoms with Crippen molar-refractivity contribution in [1.82, 2.24) is 0 Å². The maximum absolute atomic E-state index is 11.8. The van der Waals surface area contributed by atoms with Gasteiger partial charge in [-0.1, -0.05) is 0 Å². The van der Waals surface area contributed by atoms with Crippen LogP contribution in [0.1, 0.15) is 10.4 Å². The number of carboxylic acid groups (broad SMARTS) is 1. The number of nitrogens with zero attached hydrogens (tertiary/aromatic N) is 1. The van der Waals surface area contributed by atoms with Crippen molar-refractivity contribution >= 4 is 11.7 Å². The fraction of sp³-hybridized carbons (Fsp3) is 0.300. The van der Waals surface area contributed by atoms with E-state index in [0.29, 0.717) is 0 Å². The fourth-order valence-corrected chi connectivity index (χ4v) is 1.20. The Labute approximate surface area is 109 Å². The first-order valence-electron chi connectivity index (χ1n) is 5.00. The first-order chi connectivity index (χ1) is 9.20. The lowest BCUT2D eigenvalue weighted by molar-refractivity contribution is -0.385. The van der Waals surface area contributed by atoms with Crippen molar-refractivity contribution in [3.8, 4) is 5.75 Å². The van der Waals surface area contributed by atoms with Crippen LogP contribution in [0.4, 0.5) is 18.9 Å². The van der Waals surface area contributed by atoms with Crippen LogP contribution in [-0.2, 0) is 4.74 Å². The summed E-state index contributed by atoms with van der Waals surface area (Å²) >= 11 is 0. The Bertz CT molecular complexity index is 516. The van der Waals surface area contributed by atoms with Gasteiger partial charge in [0.05, 0.1) is 4.92 Å². The van der Waals surface area contributed by atoms with Gasteiger partial charge in [-0.25, -0.2) is 4.79 Å². The molecule has 10 heteroatoms. The topological polar surface area (TPSA) is 98.9 Å². The largest absolute Gasteiger partial charge is 0.477 e. The number of carboxylic acids is 1. The Morgan fingerprint density at radius 1 is 1.40 bits per heavy atom. The summed E-state index contributed by atoms with van der Waals surface area (Å²) in [5.74, 6) is -1.71. The van der Waals surface area contributed by atoms with Gasteiger partial charge in [0.1, 0.15) is 17.9 Å². The maximum atomic E-state index is 11.8. The lowest BCUT2D eigenvalue weighted by Gasteiger charge is -2.09. The summed E-state index contributed by atoms with van der Waals surface area (Å²) < 4.78 is 44.2. The zero-order valence-electron chi connectivity index (χ0n) is 9.72. The van der Waals surface area contributed by atoms with E-state index in [1.807, 2.05) is 0 Å². The molecule has 7 nitrogen and oxygen atoms in total. The second kappa shape index (κ2) is 6.19. The zero-order valence-corrected chi connectivity index (χ0v) is 9.72. The number of benzene rings is 1. The van der Waals surface area contributed by atoms with Crippen LogP contribution in [-0.4, -0.2) is 35.6 Å². The minimum absolute atomic E-state index is 0.157. The molecule has 0 heterocycles. The van der Waals surface area contributed by atoms with Crippen LogP contribution in [0.5, 0.6) is 5.75 Å². The van der Waals surface area contributed by atoms with E-state index < -0.39 is 41.7 Å². The molecule has 0 radical (unpaired) electrons. The minimum Gasteiger partial charge on any atom is -0.477 e. The van der Waals surface area contributed by atoms with E-state index in [-0.39, 0.29) is 5.75 Å². The molecule has 0 aliphatic heterocycles. The number of alkyl halides is 3. The predicted molar refractivity (Wildman–Crippen MR) is 57.6 cm³/mol. The number of aromatic carboxylic acids is 1. The highest BCUT2D eigenvalue weighted by Gasteiger charge is 2.27. The minimum atomic E-state index is -4.51. The van der Waals surface area contributed by atoms with Gasteiger partial charge in [0.25, 0.3) is 5.69 Å². The molecule has 0 amide bonds. The molecule has 1 aromatic carbocycles. The van der Waals surface area contributed by atoms with Gasteiger partial charge in [0.15, 0.2) is 6.79 Å². The normalized spacial score (nSPS) is 11.2. The number of hydrogen-bond donors (Lipinski definition) is 1. The van der Waals surface area contributed by atoms with Crippen LogP contribution in [0.15, 0.2) is 18.2 Å². The van der Waals surface area contributed by atoms with E-state index in [9.17, 15) is 28.1 Å². The summed E-state index contributed by atoms with van der Waals surface area (Å²) in [6, 6.07) is 2.77. The predicted octanol–water partition coefficient (Wildman–Crippen LogP) is 2.21. The molecule has 110 valence electrons. The van der Waals surface area contributed by atoms with Crippen molar-refractivity contribution in [2.75, 3.05) is 13.4 Å². The van der Waals surface area contributed by atoms with Crippen LogP contribution in [0.25, 0.3) is 0 Å². The molecule has 0 aromatic heterocycles. The molecule has 0 spiro atoms. The van der Waals surface area contributed by atoms with Gasteiger partial charge in [0.2, 0.25) is 0 Å². The lowest BCUT2D eigenvalue weighted by Crippen LogP contribution is -2.19. The first-order valence-corrected chi connectivity index (χ1v) is 5.00.